The third-order valence-corrected chi connectivity index (χ3v) is 3.15. The summed E-state index contributed by atoms with van der Waals surface area (Å²) in [5, 5.41) is 6.08. The molecular formula is C18H23N3O2. The molecule has 0 saturated heterocycles. The van der Waals surface area contributed by atoms with Gasteiger partial charge in [-0.25, -0.2) is 4.98 Å². The molecule has 2 aromatic rings. The summed E-state index contributed by atoms with van der Waals surface area (Å²) >= 11 is 0. The Hall–Kier alpha value is -2.56. The summed E-state index contributed by atoms with van der Waals surface area (Å²) in [6, 6.07) is 10.9. The number of hydrogen-bond donors (Lipinski definition) is 2. The van der Waals surface area contributed by atoms with E-state index in [-0.39, 0.29) is 5.91 Å². The Bertz CT molecular complexity index is 639. The molecule has 23 heavy (non-hydrogen) atoms. The fraction of sp³-hybridized carbons (Fsp3) is 0.333. The van der Waals surface area contributed by atoms with Crippen molar-refractivity contribution in [3.63, 3.8) is 0 Å². The molecule has 0 aliphatic heterocycles. The van der Waals surface area contributed by atoms with Gasteiger partial charge in [0.2, 0.25) is 0 Å². The topological polar surface area (TPSA) is 63.2 Å². The van der Waals surface area contributed by atoms with E-state index < -0.39 is 0 Å². The highest BCUT2D eigenvalue weighted by Gasteiger charge is 2.10. The first-order valence-electron chi connectivity index (χ1n) is 7.83. The van der Waals surface area contributed by atoms with Gasteiger partial charge in [-0.2, -0.15) is 0 Å². The van der Waals surface area contributed by atoms with Crippen LogP contribution in [0.4, 0.5) is 11.5 Å². The number of nitrogens with one attached hydrogen (secondary N) is 2. The molecular weight excluding hydrogens is 290 g/mol. The Labute approximate surface area is 137 Å². The molecule has 0 atom stereocenters. The summed E-state index contributed by atoms with van der Waals surface area (Å²) in [5.41, 5.74) is 1.16. The van der Waals surface area contributed by atoms with E-state index in [1.165, 1.54) is 0 Å². The first-order chi connectivity index (χ1) is 11.1. The number of para-hydroxylation sites is 2. The summed E-state index contributed by atoms with van der Waals surface area (Å²) < 4.78 is 5.51. The van der Waals surface area contributed by atoms with Gasteiger partial charge in [-0.3, -0.25) is 4.79 Å². The quantitative estimate of drug-likeness (QED) is 0.816. The van der Waals surface area contributed by atoms with E-state index in [1.807, 2.05) is 37.3 Å². The van der Waals surface area contributed by atoms with Crippen molar-refractivity contribution in [2.24, 2.45) is 5.92 Å². The lowest BCUT2D eigenvalue weighted by molar-refractivity contribution is 0.102. The highest BCUT2D eigenvalue weighted by Crippen LogP contribution is 2.24. The van der Waals surface area contributed by atoms with Crippen LogP contribution in [0.1, 0.15) is 31.1 Å². The molecule has 122 valence electrons. The molecule has 2 rings (SSSR count). The number of nitrogens with zero attached hydrogens (tertiary/aromatic N) is 1. The Balaban J connectivity index is 2.03. The van der Waals surface area contributed by atoms with Gasteiger partial charge in [-0.1, -0.05) is 26.0 Å². The first kappa shape index (κ1) is 16.8. The molecule has 0 saturated carbocycles. The van der Waals surface area contributed by atoms with Crippen LogP contribution in [0, 0.1) is 5.92 Å². The van der Waals surface area contributed by atoms with E-state index in [9.17, 15) is 4.79 Å². The standard InChI is InChI=1S/C18H23N3O2/c1-4-23-16-8-6-5-7-15(16)21-18(22)14-9-10-17(20-12-14)19-11-13(2)3/h5-10,12-13H,4,11H2,1-3H3,(H,19,20)(H,21,22). The van der Waals surface area contributed by atoms with Crippen LogP contribution < -0.4 is 15.4 Å². The van der Waals surface area contributed by atoms with Gasteiger partial charge in [0.1, 0.15) is 11.6 Å². The molecule has 0 aliphatic carbocycles. The van der Waals surface area contributed by atoms with Crippen molar-refractivity contribution in [2.75, 3.05) is 23.8 Å². The molecule has 0 aliphatic rings. The Morgan fingerprint density at radius 2 is 2.00 bits per heavy atom. The average molecular weight is 313 g/mol. The maximum absolute atomic E-state index is 12.3. The Morgan fingerprint density at radius 3 is 2.65 bits per heavy atom. The predicted octanol–water partition coefficient (Wildman–Crippen LogP) is 3.80. The molecule has 1 amide bonds. The molecule has 1 aromatic carbocycles. The monoisotopic (exact) mass is 313 g/mol. The highest BCUT2D eigenvalue weighted by atomic mass is 16.5. The van der Waals surface area contributed by atoms with Gasteiger partial charge >= 0.3 is 0 Å². The van der Waals surface area contributed by atoms with Gasteiger partial charge in [0.25, 0.3) is 5.91 Å². The van der Waals surface area contributed by atoms with Gasteiger partial charge in [0, 0.05) is 12.7 Å². The van der Waals surface area contributed by atoms with Gasteiger partial charge < -0.3 is 15.4 Å². The minimum Gasteiger partial charge on any atom is -0.492 e. The number of benzene rings is 1. The first-order valence-corrected chi connectivity index (χ1v) is 7.83. The van der Waals surface area contributed by atoms with Crippen LogP contribution in [0.2, 0.25) is 0 Å². The number of carbonyl (C=O) groups excluding carboxylic acids is 1. The fourth-order valence-corrected chi connectivity index (χ4v) is 1.99. The second-order valence-corrected chi connectivity index (χ2v) is 5.59. The summed E-state index contributed by atoms with van der Waals surface area (Å²) in [7, 11) is 0. The molecule has 0 bridgehead atoms. The van der Waals surface area contributed by atoms with Crippen LogP contribution >= 0.6 is 0 Å². The molecule has 0 unspecified atom stereocenters. The fourth-order valence-electron chi connectivity index (χ4n) is 1.99. The lowest BCUT2D eigenvalue weighted by Crippen LogP contribution is -2.14. The zero-order valence-corrected chi connectivity index (χ0v) is 13.8. The summed E-state index contributed by atoms with van der Waals surface area (Å²) in [6.45, 7) is 7.56. The van der Waals surface area contributed by atoms with Crippen molar-refractivity contribution in [1.29, 1.82) is 0 Å². The molecule has 0 fully saturated rings. The summed E-state index contributed by atoms with van der Waals surface area (Å²) in [5.74, 6) is 1.76. The molecule has 5 nitrogen and oxygen atoms in total. The number of ether oxygens (including phenoxy) is 1. The third kappa shape index (κ3) is 4.98. The van der Waals surface area contributed by atoms with Crippen LogP contribution in [0.15, 0.2) is 42.6 Å². The van der Waals surface area contributed by atoms with E-state index in [4.69, 9.17) is 4.74 Å². The SMILES string of the molecule is CCOc1ccccc1NC(=O)c1ccc(NCC(C)C)nc1. The van der Waals surface area contributed by atoms with Gasteiger partial charge in [-0.15, -0.1) is 0 Å². The Kier molecular flexibility index (Phi) is 5.97. The number of pyridine rings is 1. The van der Waals surface area contributed by atoms with E-state index >= 15 is 0 Å². The normalized spacial score (nSPS) is 10.4. The second kappa shape index (κ2) is 8.17. The van der Waals surface area contributed by atoms with Gasteiger partial charge in [0.15, 0.2) is 0 Å². The number of carbonyl (C=O) groups is 1. The lowest BCUT2D eigenvalue weighted by atomic mass is 10.2. The number of anilines is 2. The number of aromatic nitrogens is 1. The number of rotatable bonds is 7. The van der Waals surface area contributed by atoms with Crippen LogP contribution in [-0.4, -0.2) is 24.0 Å². The van der Waals surface area contributed by atoms with Crippen molar-refractivity contribution in [3.8, 4) is 5.75 Å². The van der Waals surface area contributed by atoms with Crippen molar-refractivity contribution >= 4 is 17.4 Å². The minimum atomic E-state index is -0.208. The van der Waals surface area contributed by atoms with Crippen LogP contribution in [-0.2, 0) is 0 Å². The highest BCUT2D eigenvalue weighted by molar-refractivity contribution is 6.04. The zero-order chi connectivity index (χ0) is 16.7. The van der Waals surface area contributed by atoms with Crippen LogP contribution in [0.5, 0.6) is 5.75 Å². The maximum Gasteiger partial charge on any atom is 0.257 e. The molecule has 0 radical (unpaired) electrons. The zero-order valence-electron chi connectivity index (χ0n) is 13.8. The van der Waals surface area contributed by atoms with Gasteiger partial charge in [0.05, 0.1) is 17.9 Å². The van der Waals surface area contributed by atoms with E-state index in [1.54, 1.807) is 12.3 Å². The van der Waals surface area contributed by atoms with Crippen molar-refractivity contribution in [3.05, 3.63) is 48.2 Å². The molecule has 0 spiro atoms. The second-order valence-electron chi connectivity index (χ2n) is 5.59. The van der Waals surface area contributed by atoms with Crippen molar-refractivity contribution in [2.45, 2.75) is 20.8 Å². The summed E-state index contributed by atoms with van der Waals surface area (Å²) in [6.07, 6.45) is 1.57. The number of amides is 1. The lowest BCUT2D eigenvalue weighted by Gasteiger charge is -2.11. The van der Waals surface area contributed by atoms with Crippen LogP contribution in [0.25, 0.3) is 0 Å². The predicted molar refractivity (Wildman–Crippen MR) is 93.1 cm³/mol. The van der Waals surface area contributed by atoms with Crippen molar-refractivity contribution < 1.29 is 9.53 Å². The minimum absolute atomic E-state index is 0.208. The van der Waals surface area contributed by atoms with Crippen LogP contribution in [0.3, 0.4) is 0 Å². The van der Waals surface area contributed by atoms with E-state index in [0.29, 0.717) is 29.5 Å². The van der Waals surface area contributed by atoms with E-state index in [2.05, 4.69) is 29.5 Å². The molecule has 1 aromatic heterocycles. The van der Waals surface area contributed by atoms with Gasteiger partial charge in [-0.05, 0) is 37.1 Å². The molecule has 2 N–H and O–H groups in total. The average Bonchev–Trinajstić information content (AvgIpc) is 2.55. The smallest absolute Gasteiger partial charge is 0.257 e. The maximum atomic E-state index is 12.3. The molecule has 1 heterocycles. The summed E-state index contributed by atoms with van der Waals surface area (Å²) in [4.78, 5) is 16.6. The van der Waals surface area contributed by atoms with Crippen molar-refractivity contribution in [1.82, 2.24) is 4.98 Å². The van der Waals surface area contributed by atoms with E-state index in [0.717, 1.165) is 12.4 Å². The Morgan fingerprint density at radius 1 is 1.22 bits per heavy atom. The third-order valence-electron chi connectivity index (χ3n) is 3.15. The number of hydrogen-bond acceptors (Lipinski definition) is 4. The molecule has 5 heteroatoms. The largest absolute Gasteiger partial charge is 0.492 e.